The van der Waals surface area contributed by atoms with Crippen molar-refractivity contribution >= 4 is 33.5 Å². The minimum atomic E-state index is -4.13. The Kier molecular flexibility index (Phi) is 10.8. The van der Waals surface area contributed by atoms with Gasteiger partial charge in [-0.15, -0.1) is 0 Å². The average Bonchev–Trinajstić information content (AvgIpc) is 2.92. The third-order valence-corrected chi connectivity index (χ3v) is 7.07. The van der Waals surface area contributed by atoms with E-state index in [4.69, 9.17) is 14.2 Å². The van der Waals surface area contributed by atoms with Crippen LogP contribution >= 0.6 is 0 Å². The van der Waals surface area contributed by atoms with Gasteiger partial charge in [-0.3, -0.25) is 18.8 Å². The molecule has 44 heavy (non-hydrogen) atoms. The van der Waals surface area contributed by atoms with Crippen LogP contribution in [0.5, 0.6) is 5.75 Å². The van der Waals surface area contributed by atoms with Crippen LogP contribution in [0.3, 0.4) is 0 Å². The highest BCUT2D eigenvalue weighted by molar-refractivity contribution is 7.89. The van der Waals surface area contributed by atoms with E-state index in [1.54, 1.807) is 59.7 Å². The molecule has 238 valence electrons. The number of nitrogens with zero attached hydrogens (tertiary/aromatic N) is 1. The molecule has 13 nitrogen and oxygen atoms in total. The van der Waals surface area contributed by atoms with Crippen LogP contribution in [0.1, 0.15) is 51.9 Å². The number of fused-ring (bicyclic) bond motifs is 1. The maximum atomic E-state index is 13.0. The van der Waals surface area contributed by atoms with E-state index in [0.29, 0.717) is 11.3 Å². The molecule has 0 saturated heterocycles. The van der Waals surface area contributed by atoms with Gasteiger partial charge in [0.15, 0.2) is 0 Å². The molecule has 1 unspecified atom stereocenters. The number of rotatable bonds is 11. The highest BCUT2D eigenvalue weighted by Crippen LogP contribution is 2.15. The Hall–Kier alpha value is -4.43. The molecule has 0 saturated carbocycles. The summed E-state index contributed by atoms with van der Waals surface area (Å²) in [7, 11) is -4.13. The van der Waals surface area contributed by atoms with Gasteiger partial charge in [0.25, 0.3) is 11.5 Å². The van der Waals surface area contributed by atoms with Crippen molar-refractivity contribution in [3.8, 4) is 5.75 Å². The van der Waals surface area contributed by atoms with Crippen LogP contribution in [0.15, 0.2) is 70.5 Å². The van der Waals surface area contributed by atoms with E-state index >= 15 is 0 Å². The van der Waals surface area contributed by atoms with Gasteiger partial charge in [0, 0.05) is 23.7 Å². The molecule has 0 radical (unpaired) electrons. The molecule has 0 fully saturated rings. The number of hydrogen-bond acceptors (Lipinski definition) is 9. The highest BCUT2D eigenvalue weighted by Gasteiger charge is 2.30. The predicted molar refractivity (Wildman–Crippen MR) is 162 cm³/mol. The molecule has 2 amide bonds. The molecule has 2 aromatic heterocycles. The molecule has 0 aliphatic rings. The van der Waals surface area contributed by atoms with Gasteiger partial charge in [0.1, 0.15) is 29.6 Å². The van der Waals surface area contributed by atoms with Crippen molar-refractivity contribution in [1.29, 1.82) is 0 Å². The lowest BCUT2D eigenvalue weighted by Gasteiger charge is -2.24. The average molecular weight is 631 g/mol. The molecule has 1 atom stereocenters. The number of benzene rings is 1. The van der Waals surface area contributed by atoms with Gasteiger partial charge in [-0.05, 0) is 71.9 Å². The van der Waals surface area contributed by atoms with Crippen molar-refractivity contribution in [3.05, 3.63) is 76.7 Å². The summed E-state index contributed by atoms with van der Waals surface area (Å²) in [6.07, 6.45) is 0.872. The number of carbonyl (C=O) groups is 3. The second kappa shape index (κ2) is 13.9. The Morgan fingerprint density at radius 1 is 0.886 bits per heavy atom. The van der Waals surface area contributed by atoms with Gasteiger partial charge in [0.2, 0.25) is 10.0 Å². The lowest BCUT2D eigenvalue weighted by atomic mass is 10.2. The van der Waals surface area contributed by atoms with Gasteiger partial charge < -0.3 is 24.8 Å². The number of hydrogen-bond donors (Lipinski definition) is 3. The van der Waals surface area contributed by atoms with Gasteiger partial charge in [-0.2, -0.15) is 4.72 Å². The fraction of sp³-hybridized carbons (Fsp3) is 0.400. The summed E-state index contributed by atoms with van der Waals surface area (Å²) in [6, 6.07) is 11.7. The summed E-state index contributed by atoms with van der Waals surface area (Å²) in [5, 5.41) is 5.09. The molecular weight excluding hydrogens is 592 g/mol. The quantitative estimate of drug-likeness (QED) is 0.213. The van der Waals surface area contributed by atoms with Crippen molar-refractivity contribution in [2.45, 2.75) is 63.7 Å². The van der Waals surface area contributed by atoms with E-state index in [2.05, 4.69) is 15.4 Å². The van der Waals surface area contributed by atoms with Gasteiger partial charge >= 0.3 is 12.1 Å². The molecule has 3 rings (SSSR count). The molecule has 14 heteroatoms. The first-order valence-corrected chi connectivity index (χ1v) is 15.3. The number of carbonyl (C=O) groups excluding carboxylic acids is 3. The Morgan fingerprint density at radius 3 is 2.18 bits per heavy atom. The van der Waals surface area contributed by atoms with E-state index in [-0.39, 0.29) is 23.6 Å². The first-order valence-electron chi connectivity index (χ1n) is 13.8. The summed E-state index contributed by atoms with van der Waals surface area (Å²) in [5.74, 6) is -1.23. The van der Waals surface area contributed by atoms with Crippen LogP contribution in [-0.2, 0) is 24.3 Å². The zero-order valence-electron chi connectivity index (χ0n) is 25.5. The minimum absolute atomic E-state index is 0.000848. The zero-order valence-corrected chi connectivity index (χ0v) is 26.3. The van der Waals surface area contributed by atoms with Crippen molar-refractivity contribution in [1.82, 2.24) is 19.8 Å². The number of ether oxygens (including phenoxy) is 3. The van der Waals surface area contributed by atoms with Crippen LogP contribution in [0.4, 0.5) is 4.79 Å². The second-order valence-corrected chi connectivity index (χ2v) is 13.5. The van der Waals surface area contributed by atoms with E-state index in [1.807, 2.05) is 0 Å². The topological polar surface area (TPSA) is 171 Å². The van der Waals surface area contributed by atoms with E-state index < -0.39 is 57.3 Å². The number of amides is 2. The smallest absolute Gasteiger partial charge is 0.407 e. The van der Waals surface area contributed by atoms with Crippen molar-refractivity contribution in [3.63, 3.8) is 0 Å². The highest BCUT2D eigenvalue weighted by atomic mass is 32.2. The van der Waals surface area contributed by atoms with Crippen molar-refractivity contribution < 1.29 is 37.0 Å². The summed E-state index contributed by atoms with van der Waals surface area (Å²) in [6.45, 7) is 10.0. The lowest BCUT2D eigenvalue weighted by molar-refractivity contribution is -0.156. The van der Waals surface area contributed by atoms with Gasteiger partial charge in [-0.25, -0.2) is 13.2 Å². The Balaban J connectivity index is 1.69. The maximum Gasteiger partial charge on any atom is 0.407 e. The summed E-state index contributed by atoms with van der Waals surface area (Å²) in [4.78, 5) is 50.4. The first kappa shape index (κ1) is 34.1. The molecule has 0 aliphatic carbocycles. The molecule has 3 aromatic rings. The van der Waals surface area contributed by atoms with E-state index in [9.17, 15) is 27.6 Å². The summed E-state index contributed by atoms with van der Waals surface area (Å²) < 4.78 is 45.5. The van der Waals surface area contributed by atoms with Gasteiger partial charge in [0.05, 0.1) is 17.6 Å². The lowest BCUT2D eigenvalue weighted by Crippen LogP contribution is -2.50. The Morgan fingerprint density at radius 2 is 1.55 bits per heavy atom. The normalized spacial score (nSPS) is 12.7. The standard InChI is InChI=1S/C30H38N4O9S/c1-29(2,3)42-27(37)24(33-44(39,40)23-10-8-7-9-11-23)18-32-26(36)20-16-21-12-13-22(19-34(21)25(35)17-20)41-15-14-31-28(38)43-30(4,5)6/h7-13,16-17,19,24,33H,14-15,18H2,1-6H3,(H,31,38)(H,32,36). The van der Waals surface area contributed by atoms with Crippen LogP contribution in [0.25, 0.3) is 5.52 Å². The number of pyridine rings is 2. The molecule has 1 aromatic carbocycles. The number of esters is 1. The van der Waals surface area contributed by atoms with Crippen LogP contribution in [-0.4, -0.2) is 67.7 Å². The fourth-order valence-electron chi connectivity index (χ4n) is 3.76. The van der Waals surface area contributed by atoms with Crippen molar-refractivity contribution in [2.75, 3.05) is 19.7 Å². The molecule has 0 spiro atoms. The van der Waals surface area contributed by atoms with Gasteiger partial charge in [-0.1, -0.05) is 18.2 Å². The summed E-state index contributed by atoms with van der Waals surface area (Å²) >= 11 is 0. The number of sulfonamides is 1. The molecule has 0 aliphatic heterocycles. The number of aromatic nitrogens is 1. The third kappa shape index (κ3) is 10.4. The molecule has 2 heterocycles. The fourth-order valence-corrected chi connectivity index (χ4v) is 4.96. The van der Waals surface area contributed by atoms with Crippen LogP contribution in [0, 0.1) is 0 Å². The monoisotopic (exact) mass is 630 g/mol. The minimum Gasteiger partial charge on any atom is -0.490 e. The second-order valence-electron chi connectivity index (χ2n) is 11.7. The first-order chi connectivity index (χ1) is 20.4. The zero-order chi connectivity index (χ0) is 32.7. The van der Waals surface area contributed by atoms with Crippen LogP contribution in [0.2, 0.25) is 0 Å². The SMILES string of the molecule is CC(C)(C)OC(=O)NCCOc1ccc2cc(C(=O)NCC(NS(=O)(=O)c3ccccc3)C(=O)OC(C)(C)C)cc(=O)n2c1. The predicted octanol–water partition coefficient (Wildman–Crippen LogP) is 2.62. The maximum absolute atomic E-state index is 13.0. The Labute approximate surface area is 255 Å². The molecule has 0 bridgehead atoms. The van der Waals surface area contributed by atoms with E-state index in [0.717, 1.165) is 6.07 Å². The third-order valence-electron chi connectivity index (χ3n) is 5.58. The number of alkyl carbamates (subject to hydrolysis) is 1. The van der Waals surface area contributed by atoms with Crippen LogP contribution < -0.4 is 25.7 Å². The van der Waals surface area contributed by atoms with E-state index in [1.165, 1.54) is 40.9 Å². The summed E-state index contributed by atoms with van der Waals surface area (Å²) in [5.41, 5.74) is -1.69. The Bertz CT molecular complexity index is 1660. The van der Waals surface area contributed by atoms with Crippen molar-refractivity contribution in [2.24, 2.45) is 0 Å². The molecule has 3 N–H and O–H groups in total. The largest absolute Gasteiger partial charge is 0.490 e. The number of nitrogens with one attached hydrogen (secondary N) is 3. The molecular formula is C30H38N4O9S.